The van der Waals surface area contributed by atoms with E-state index >= 15 is 0 Å². The van der Waals surface area contributed by atoms with Gasteiger partial charge in [-0.1, -0.05) is 12.1 Å². The number of halogens is 4. The molecule has 0 aliphatic rings. The largest absolute Gasteiger partial charge is 0.573 e. The van der Waals surface area contributed by atoms with E-state index in [-0.39, 0.29) is 18.2 Å². The highest BCUT2D eigenvalue weighted by Gasteiger charge is 2.33. The summed E-state index contributed by atoms with van der Waals surface area (Å²) in [5, 5.41) is 0. The Morgan fingerprint density at radius 2 is 1.68 bits per heavy atom. The first kappa shape index (κ1) is 17.5. The molecule has 1 unspecified atom stereocenters. The molecule has 0 fully saturated rings. The van der Waals surface area contributed by atoms with Crippen LogP contribution in [0, 0.1) is 0 Å². The van der Waals surface area contributed by atoms with Crippen molar-refractivity contribution in [1.82, 2.24) is 0 Å². The number of benzene rings is 1. The first-order chi connectivity index (χ1) is 8.16. The molecule has 0 heterocycles. The van der Waals surface area contributed by atoms with Crippen molar-refractivity contribution < 1.29 is 27.4 Å². The zero-order valence-corrected chi connectivity index (χ0v) is 11.0. The third-order valence-corrected chi connectivity index (χ3v) is 2.30. The Morgan fingerprint density at radius 3 is 2.05 bits per heavy atom. The second kappa shape index (κ2) is 6.12. The molecule has 0 amide bonds. The van der Waals surface area contributed by atoms with Crippen LogP contribution in [0.5, 0.6) is 5.75 Å². The summed E-state index contributed by atoms with van der Waals surface area (Å²) in [6.07, 6.45) is -4.75. The Labute approximate surface area is 114 Å². The number of methoxy groups -OCH3 is 1. The topological polar surface area (TPSA) is 61.5 Å². The molecule has 1 rings (SSSR count). The van der Waals surface area contributed by atoms with Gasteiger partial charge in [-0.25, -0.2) is 4.79 Å². The fraction of sp³-hybridized carbons (Fsp3) is 0.364. The second-order valence-corrected chi connectivity index (χ2v) is 3.77. The normalized spacial score (nSPS) is 14.0. The first-order valence-electron chi connectivity index (χ1n) is 4.90. The van der Waals surface area contributed by atoms with E-state index in [1.807, 2.05) is 0 Å². The van der Waals surface area contributed by atoms with Crippen molar-refractivity contribution in [3.63, 3.8) is 0 Å². The zero-order chi connectivity index (χ0) is 14.0. The molecule has 1 atom stereocenters. The molecule has 0 radical (unpaired) electrons. The molecule has 19 heavy (non-hydrogen) atoms. The Morgan fingerprint density at radius 1 is 1.21 bits per heavy atom. The van der Waals surface area contributed by atoms with E-state index in [4.69, 9.17) is 5.73 Å². The van der Waals surface area contributed by atoms with Gasteiger partial charge in [0.1, 0.15) is 11.3 Å². The number of carbonyl (C=O) groups excluding carboxylic acids is 1. The average Bonchev–Trinajstić information content (AvgIpc) is 2.26. The van der Waals surface area contributed by atoms with Crippen LogP contribution in [0.2, 0.25) is 0 Å². The summed E-state index contributed by atoms with van der Waals surface area (Å²) >= 11 is 0. The fourth-order valence-corrected chi connectivity index (χ4v) is 1.33. The van der Waals surface area contributed by atoms with Crippen LogP contribution in [0.3, 0.4) is 0 Å². The van der Waals surface area contributed by atoms with Gasteiger partial charge in [0.25, 0.3) is 0 Å². The maximum atomic E-state index is 11.9. The van der Waals surface area contributed by atoms with Gasteiger partial charge in [0.05, 0.1) is 7.11 Å². The van der Waals surface area contributed by atoms with E-state index in [9.17, 15) is 18.0 Å². The van der Waals surface area contributed by atoms with Crippen molar-refractivity contribution in [2.45, 2.75) is 18.8 Å². The van der Waals surface area contributed by atoms with Crippen molar-refractivity contribution in [3.8, 4) is 5.75 Å². The van der Waals surface area contributed by atoms with Gasteiger partial charge in [-0.3, -0.25) is 0 Å². The van der Waals surface area contributed by atoms with Gasteiger partial charge in [-0.2, -0.15) is 0 Å². The van der Waals surface area contributed by atoms with E-state index in [0.29, 0.717) is 5.56 Å². The molecule has 0 saturated carbocycles. The van der Waals surface area contributed by atoms with E-state index in [1.165, 1.54) is 26.2 Å². The molecule has 0 spiro atoms. The summed E-state index contributed by atoms with van der Waals surface area (Å²) in [6.45, 7) is 1.40. The maximum absolute atomic E-state index is 11.9. The van der Waals surface area contributed by atoms with Gasteiger partial charge in [-0.05, 0) is 24.6 Å². The minimum absolute atomic E-state index is 0. The van der Waals surface area contributed by atoms with Crippen molar-refractivity contribution in [1.29, 1.82) is 0 Å². The summed E-state index contributed by atoms with van der Waals surface area (Å²) in [7, 11) is 1.18. The van der Waals surface area contributed by atoms with E-state index in [0.717, 1.165) is 12.1 Å². The van der Waals surface area contributed by atoms with Gasteiger partial charge in [0.15, 0.2) is 0 Å². The van der Waals surface area contributed by atoms with Gasteiger partial charge in [0.2, 0.25) is 0 Å². The highest BCUT2D eigenvalue weighted by molar-refractivity contribution is 5.85. The van der Waals surface area contributed by atoms with Crippen molar-refractivity contribution in [3.05, 3.63) is 29.8 Å². The molecule has 0 aliphatic carbocycles. The van der Waals surface area contributed by atoms with Crippen LogP contribution < -0.4 is 10.5 Å². The number of nitrogens with two attached hydrogens (primary N) is 1. The maximum Gasteiger partial charge on any atom is 0.573 e. The highest BCUT2D eigenvalue weighted by atomic mass is 35.5. The fourth-order valence-electron chi connectivity index (χ4n) is 1.33. The monoisotopic (exact) mass is 299 g/mol. The van der Waals surface area contributed by atoms with Crippen LogP contribution in [0.1, 0.15) is 12.5 Å². The quantitative estimate of drug-likeness (QED) is 0.870. The SMILES string of the molecule is COC(=O)C(C)(N)c1ccc(OC(F)(F)F)cc1.Cl. The first-order valence-corrected chi connectivity index (χ1v) is 4.90. The third-order valence-electron chi connectivity index (χ3n) is 2.30. The van der Waals surface area contributed by atoms with E-state index in [1.54, 1.807) is 0 Å². The lowest BCUT2D eigenvalue weighted by atomic mass is 9.93. The van der Waals surface area contributed by atoms with Crippen molar-refractivity contribution >= 4 is 18.4 Å². The molecule has 108 valence electrons. The second-order valence-electron chi connectivity index (χ2n) is 3.77. The molecule has 0 bridgehead atoms. The van der Waals surface area contributed by atoms with Gasteiger partial charge >= 0.3 is 12.3 Å². The summed E-state index contributed by atoms with van der Waals surface area (Å²) in [5.74, 6) is -1.07. The Balaban J connectivity index is 0.00000324. The predicted octanol–water partition coefficient (Wildman–Crippen LogP) is 2.35. The van der Waals surface area contributed by atoms with E-state index < -0.39 is 17.9 Å². The summed E-state index contributed by atoms with van der Waals surface area (Å²) in [6, 6.07) is 4.71. The van der Waals surface area contributed by atoms with Crippen molar-refractivity contribution in [2.75, 3.05) is 7.11 Å². The lowest BCUT2D eigenvalue weighted by Crippen LogP contribution is -2.42. The highest BCUT2D eigenvalue weighted by Crippen LogP contribution is 2.26. The van der Waals surface area contributed by atoms with Gasteiger partial charge in [-0.15, -0.1) is 25.6 Å². The molecule has 0 saturated heterocycles. The lowest BCUT2D eigenvalue weighted by molar-refractivity contribution is -0.274. The number of esters is 1. The molecule has 2 N–H and O–H groups in total. The van der Waals surface area contributed by atoms with Crippen LogP contribution in [0.25, 0.3) is 0 Å². The number of carbonyl (C=O) groups is 1. The average molecular weight is 300 g/mol. The molecule has 1 aromatic rings. The van der Waals surface area contributed by atoms with Crippen LogP contribution in [-0.2, 0) is 15.1 Å². The Kier molecular flexibility index (Phi) is 5.64. The number of ether oxygens (including phenoxy) is 2. The van der Waals surface area contributed by atoms with Crippen LogP contribution >= 0.6 is 12.4 Å². The van der Waals surface area contributed by atoms with Crippen molar-refractivity contribution in [2.24, 2.45) is 5.73 Å². The van der Waals surface area contributed by atoms with Crippen LogP contribution in [-0.4, -0.2) is 19.4 Å². The molecule has 0 aromatic heterocycles. The van der Waals surface area contributed by atoms with Gasteiger partial charge in [0, 0.05) is 0 Å². The number of rotatable bonds is 3. The third kappa shape index (κ3) is 4.60. The van der Waals surface area contributed by atoms with Crippen LogP contribution in [0.4, 0.5) is 13.2 Å². The zero-order valence-electron chi connectivity index (χ0n) is 10.2. The minimum Gasteiger partial charge on any atom is -0.467 e. The number of hydrogen-bond acceptors (Lipinski definition) is 4. The minimum atomic E-state index is -4.75. The molecule has 0 aliphatic heterocycles. The molecule has 4 nitrogen and oxygen atoms in total. The molecular formula is C11H13ClF3NO3. The lowest BCUT2D eigenvalue weighted by Gasteiger charge is -2.22. The summed E-state index contributed by atoms with van der Waals surface area (Å²) in [4.78, 5) is 11.4. The summed E-state index contributed by atoms with van der Waals surface area (Å²) in [5.41, 5.74) is 4.63. The predicted molar refractivity (Wildman–Crippen MR) is 63.9 cm³/mol. The Bertz CT molecular complexity index is 432. The summed E-state index contributed by atoms with van der Waals surface area (Å²) < 4.78 is 44.0. The standard InChI is InChI=1S/C11H12F3NO3.ClH/c1-10(15,9(16)17-2)7-3-5-8(6-4-7)18-11(12,13)14;/h3-6H,15H2,1-2H3;1H. The molecule has 1 aromatic carbocycles. The number of hydrogen-bond donors (Lipinski definition) is 1. The van der Waals surface area contributed by atoms with Gasteiger partial charge < -0.3 is 15.2 Å². The Hall–Kier alpha value is -1.47. The molecule has 8 heteroatoms. The number of alkyl halides is 3. The van der Waals surface area contributed by atoms with E-state index in [2.05, 4.69) is 9.47 Å². The van der Waals surface area contributed by atoms with Crippen LogP contribution in [0.15, 0.2) is 24.3 Å². The smallest absolute Gasteiger partial charge is 0.467 e. The molecular weight excluding hydrogens is 287 g/mol.